The molecule has 122 valence electrons. The first-order valence-corrected chi connectivity index (χ1v) is 8.71. The van der Waals surface area contributed by atoms with Crippen molar-refractivity contribution in [1.82, 2.24) is 0 Å². The number of carbonyl (C=O) groups excluding carboxylic acids is 1. The van der Waals surface area contributed by atoms with Gasteiger partial charge in [0.15, 0.2) is 0 Å². The molecule has 4 nitrogen and oxygen atoms in total. The van der Waals surface area contributed by atoms with Gasteiger partial charge in [-0.05, 0) is 37.8 Å². The van der Waals surface area contributed by atoms with Crippen molar-refractivity contribution < 1.29 is 19.4 Å². The number of carboxylic acid groups (broad SMARTS) is 1. The molecule has 23 heavy (non-hydrogen) atoms. The quantitative estimate of drug-likeness (QED) is 0.796. The van der Waals surface area contributed by atoms with Gasteiger partial charge in [0.2, 0.25) is 5.12 Å². The summed E-state index contributed by atoms with van der Waals surface area (Å²) in [5.41, 5.74) is 3.23. The third-order valence-electron chi connectivity index (χ3n) is 4.65. The van der Waals surface area contributed by atoms with E-state index in [1.54, 1.807) is 0 Å². The molecular weight excluding hydrogens is 312 g/mol. The van der Waals surface area contributed by atoms with Crippen LogP contribution in [0.5, 0.6) is 0 Å². The predicted octanol–water partition coefficient (Wildman–Crippen LogP) is 4.69. The van der Waals surface area contributed by atoms with Crippen LogP contribution in [-0.2, 0) is 9.53 Å². The van der Waals surface area contributed by atoms with Crippen molar-refractivity contribution in [2.45, 2.75) is 50.7 Å². The van der Waals surface area contributed by atoms with E-state index in [2.05, 4.69) is 0 Å². The highest BCUT2D eigenvalue weighted by Crippen LogP contribution is 2.55. The van der Waals surface area contributed by atoms with E-state index in [0.29, 0.717) is 11.3 Å². The van der Waals surface area contributed by atoms with Crippen molar-refractivity contribution in [3.63, 3.8) is 0 Å². The van der Waals surface area contributed by atoms with Crippen molar-refractivity contribution in [1.29, 1.82) is 0 Å². The molecule has 0 bridgehead atoms. The summed E-state index contributed by atoms with van der Waals surface area (Å²) in [5.74, 6) is 0.355. The van der Waals surface area contributed by atoms with Gasteiger partial charge in [-0.3, -0.25) is 4.79 Å². The molecule has 1 aromatic carbocycles. The summed E-state index contributed by atoms with van der Waals surface area (Å²) in [4.78, 5) is 24.0. The van der Waals surface area contributed by atoms with Gasteiger partial charge in [-0.15, -0.1) is 0 Å². The molecular formula is C18H20O4S. The molecule has 1 N–H and O–H groups in total. The Balaban J connectivity index is 2.18. The lowest BCUT2D eigenvalue weighted by atomic mass is 9.84. The first-order valence-electron chi connectivity index (χ1n) is 7.89. The second-order valence-electron chi connectivity index (χ2n) is 6.33. The molecule has 0 unspecified atom stereocenters. The summed E-state index contributed by atoms with van der Waals surface area (Å²) >= 11 is 1.26. The lowest BCUT2D eigenvalue weighted by Gasteiger charge is -2.32. The lowest BCUT2D eigenvalue weighted by molar-refractivity contribution is -0.106. The molecule has 1 spiro atoms. The molecule has 2 aliphatic rings. The minimum Gasteiger partial charge on any atom is -0.449 e. The molecule has 0 radical (unpaired) electrons. The van der Waals surface area contributed by atoms with E-state index >= 15 is 0 Å². The number of carbonyl (C=O) groups is 2. The van der Waals surface area contributed by atoms with Crippen LogP contribution >= 0.6 is 11.8 Å². The molecule has 1 saturated carbocycles. The summed E-state index contributed by atoms with van der Waals surface area (Å²) in [6.07, 6.45) is 3.35. The third-order valence-corrected chi connectivity index (χ3v) is 6.02. The monoisotopic (exact) mass is 332 g/mol. The summed E-state index contributed by atoms with van der Waals surface area (Å²) in [7, 11) is 0. The topological polar surface area (TPSA) is 63.6 Å². The summed E-state index contributed by atoms with van der Waals surface area (Å²) in [5, 5.41) is 9.11. The maximum atomic E-state index is 12.7. The number of hydrogen-bond donors (Lipinski definition) is 1. The second-order valence-corrected chi connectivity index (χ2v) is 7.69. The number of benzene rings is 1. The van der Waals surface area contributed by atoms with Crippen molar-refractivity contribution >= 4 is 28.6 Å². The Morgan fingerprint density at radius 3 is 2.57 bits per heavy atom. The third kappa shape index (κ3) is 2.90. The number of aryl methyl sites for hydroxylation is 2. The van der Waals surface area contributed by atoms with Gasteiger partial charge in [0.1, 0.15) is 5.76 Å². The van der Waals surface area contributed by atoms with Gasteiger partial charge in [0.05, 0.1) is 10.3 Å². The molecule has 0 aromatic heterocycles. The SMILES string of the molecule is Cc1ccc(C)c(C2=C(OC(=O)O)C3(CCCCC3)SC2=O)c1. The fraction of sp³-hybridized carbons (Fsp3) is 0.444. The minimum atomic E-state index is -1.34. The molecule has 0 saturated heterocycles. The minimum absolute atomic E-state index is 0.0724. The Bertz CT molecular complexity index is 699. The Hall–Kier alpha value is -1.75. The summed E-state index contributed by atoms with van der Waals surface area (Å²) in [6, 6.07) is 5.89. The molecule has 1 aliphatic carbocycles. The van der Waals surface area contributed by atoms with Crippen molar-refractivity contribution in [3.05, 3.63) is 40.6 Å². The average Bonchev–Trinajstić information content (AvgIpc) is 2.74. The van der Waals surface area contributed by atoms with Crippen LogP contribution < -0.4 is 0 Å². The van der Waals surface area contributed by atoms with Gasteiger partial charge in [0, 0.05) is 0 Å². The molecule has 1 heterocycles. The highest BCUT2D eigenvalue weighted by atomic mass is 32.2. The fourth-order valence-electron chi connectivity index (χ4n) is 3.52. The Morgan fingerprint density at radius 1 is 1.22 bits per heavy atom. The van der Waals surface area contributed by atoms with E-state index in [9.17, 15) is 14.7 Å². The van der Waals surface area contributed by atoms with Crippen LogP contribution in [-0.4, -0.2) is 21.1 Å². The van der Waals surface area contributed by atoms with Gasteiger partial charge in [0.25, 0.3) is 0 Å². The fourth-order valence-corrected chi connectivity index (χ4v) is 4.90. The highest BCUT2D eigenvalue weighted by Gasteiger charge is 2.50. The van der Waals surface area contributed by atoms with Crippen LogP contribution in [0.3, 0.4) is 0 Å². The van der Waals surface area contributed by atoms with Crippen molar-refractivity contribution in [3.8, 4) is 0 Å². The number of rotatable bonds is 2. The van der Waals surface area contributed by atoms with Gasteiger partial charge >= 0.3 is 6.16 Å². The van der Waals surface area contributed by atoms with Crippen LogP contribution in [0.1, 0.15) is 48.8 Å². The standard InChI is InChI=1S/C18H20O4S/c1-11-6-7-12(2)13(10-11)14-15(22-17(20)21)18(23-16(14)19)8-4-3-5-9-18/h6-7,10H,3-5,8-9H2,1-2H3,(H,20,21). The molecule has 3 rings (SSSR count). The maximum absolute atomic E-state index is 12.7. The zero-order valence-electron chi connectivity index (χ0n) is 13.3. The number of hydrogen-bond acceptors (Lipinski definition) is 4. The zero-order chi connectivity index (χ0) is 16.6. The van der Waals surface area contributed by atoms with Gasteiger partial charge in [-0.25, -0.2) is 4.79 Å². The predicted molar refractivity (Wildman–Crippen MR) is 90.4 cm³/mol. The number of ether oxygens (including phenoxy) is 1. The van der Waals surface area contributed by atoms with Gasteiger partial charge in [-0.1, -0.05) is 54.8 Å². The van der Waals surface area contributed by atoms with Crippen LogP contribution in [0.4, 0.5) is 4.79 Å². The normalized spacial score (nSPS) is 20.2. The van der Waals surface area contributed by atoms with Crippen LogP contribution in [0.2, 0.25) is 0 Å². The molecule has 0 atom stereocenters. The Morgan fingerprint density at radius 2 is 1.91 bits per heavy atom. The van der Waals surface area contributed by atoms with Gasteiger partial charge < -0.3 is 9.84 Å². The largest absolute Gasteiger partial charge is 0.511 e. The average molecular weight is 332 g/mol. The van der Waals surface area contributed by atoms with E-state index in [1.165, 1.54) is 11.8 Å². The number of thioether (sulfide) groups is 1. The van der Waals surface area contributed by atoms with Crippen molar-refractivity contribution in [2.24, 2.45) is 0 Å². The van der Waals surface area contributed by atoms with E-state index in [4.69, 9.17) is 4.74 Å². The van der Waals surface area contributed by atoms with E-state index in [0.717, 1.165) is 48.8 Å². The van der Waals surface area contributed by atoms with E-state index < -0.39 is 10.9 Å². The summed E-state index contributed by atoms with van der Waals surface area (Å²) in [6.45, 7) is 3.90. The molecule has 1 aromatic rings. The van der Waals surface area contributed by atoms with Crippen molar-refractivity contribution in [2.75, 3.05) is 0 Å². The van der Waals surface area contributed by atoms with E-state index in [-0.39, 0.29) is 5.12 Å². The lowest BCUT2D eigenvalue weighted by Crippen LogP contribution is -2.30. The Labute approximate surface area is 139 Å². The van der Waals surface area contributed by atoms with Crippen LogP contribution in [0, 0.1) is 13.8 Å². The van der Waals surface area contributed by atoms with Crippen LogP contribution in [0.15, 0.2) is 24.0 Å². The maximum Gasteiger partial charge on any atom is 0.511 e. The smallest absolute Gasteiger partial charge is 0.449 e. The van der Waals surface area contributed by atoms with Crippen LogP contribution in [0.25, 0.3) is 5.57 Å². The second kappa shape index (κ2) is 6.04. The highest BCUT2D eigenvalue weighted by molar-refractivity contribution is 8.16. The molecule has 1 fully saturated rings. The summed E-state index contributed by atoms with van der Waals surface area (Å²) < 4.78 is 4.69. The molecule has 1 aliphatic heterocycles. The van der Waals surface area contributed by atoms with Gasteiger partial charge in [-0.2, -0.15) is 0 Å². The first-order chi connectivity index (χ1) is 10.9. The molecule has 5 heteroatoms. The zero-order valence-corrected chi connectivity index (χ0v) is 14.2. The Kier molecular flexibility index (Phi) is 4.23. The molecule has 0 amide bonds. The van der Waals surface area contributed by atoms with E-state index in [1.807, 2.05) is 32.0 Å². The first kappa shape index (κ1) is 16.1.